The first kappa shape index (κ1) is 13.1. The van der Waals surface area contributed by atoms with E-state index in [4.69, 9.17) is 0 Å². The Morgan fingerprint density at radius 2 is 2.26 bits per heavy atom. The second-order valence-corrected chi connectivity index (χ2v) is 7.44. The average Bonchev–Trinajstić information content (AvgIpc) is 2.89. The van der Waals surface area contributed by atoms with Crippen LogP contribution in [0.4, 0.5) is 4.79 Å². The minimum Gasteiger partial charge on any atom is -0.322 e. The van der Waals surface area contributed by atoms with E-state index in [2.05, 4.69) is 26.6 Å². The minimum atomic E-state index is -0.718. The number of hydrogen-bond donors (Lipinski definition) is 2. The van der Waals surface area contributed by atoms with E-state index in [9.17, 15) is 9.59 Å². The van der Waals surface area contributed by atoms with Crippen LogP contribution in [0.2, 0.25) is 0 Å². The summed E-state index contributed by atoms with van der Waals surface area (Å²) < 4.78 is 1.00. The number of imide groups is 1. The van der Waals surface area contributed by atoms with Crippen molar-refractivity contribution in [3.05, 3.63) is 20.8 Å². The number of carbonyl (C=O) groups excluding carboxylic acids is 2. The number of nitrogens with one attached hydrogen (secondary N) is 2. The standard InChI is InChI=1S/C12H14BrN3O2S/c13-9-3-2-8(19-9)6-16-10(17)12(15-11(16)18)4-1-5-14-7-12/h2-3,14H,1,4-7H2,(H,15,18). The fraction of sp³-hybridized carbons (Fsp3) is 0.500. The summed E-state index contributed by atoms with van der Waals surface area (Å²) in [6.07, 6.45) is 1.62. The molecule has 2 aliphatic heterocycles. The van der Waals surface area contributed by atoms with Gasteiger partial charge in [-0.1, -0.05) is 0 Å². The number of rotatable bonds is 2. The van der Waals surface area contributed by atoms with Gasteiger partial charge in [0.15, 0.2) is 0 Å². The SMILES string of the molecule is O=C1NC2(CCCNC2)C(=O)N1Cc1ccc(Br)s1. The van der Waals surface area contributed by atoms with Crippen LogP contribution in [0.5, 0.6) is 0 Å². The van der Waals surface area contributed by atoms with E-state index in [1.165, 1.54) is 4.90 Å². The molecule has 2 N–H and O–H groups in total. The summed E-state index contributed by atoms with van der Waals surface area (Å²) in [5.41, 5.74) is -0.718. The second-order valence-electron chi connectivity index (χ2n) is 4.89. The number of halogens is 1. The quantitative estimate of drug-likeness (QED) is 0.803. The third kappa shape index (κ3) is 2.30. The van der Waals surface area contributed by atoms with Crippen LogP contribution in [-0.2, 0) is 11.3 Å². The van der Waals surface area contributed by atoms with E-state index in [-0.39, 0.29) is 11.9 Å². The van der Waals surface area contributed by atoms with Gasteiger partial charge in [0.2, 0.25) is 0 Å². The lowest BCUT2D eigenvalue weighted by molar-refractivity contribution is -0.132. The Balaban J connectivity index is 1.79. The van der Waals surface area contributed by atoms with Crippen LogP contribution in [0.25, 0.3) is 0 Å². The van der Waals surface area contributed by atoms with Gasteiger partial charge in [-0.15, -0.1) is 11.3 Å². The van der Waals surface area contributed by atoms with Crippen LogP contribution in [0, 0.1) is 0 Å². The summed E-state index contributed by atoms with van der Waals surface area (Å²) >= 11 is 4.93. The molecular weight excluding hydrogens is 330 g/mol. The molecule has 2 saturated heterocycles. The Kier molecular flexibility index (Phi) is 3.36. The van der Waals surface area contributed by atoms with Crippen molar-refractivity contribution in [2.45, 2.75) is 24.9 Å². The molecule has 3 heterocycles. The van der Waals surface area contributed by atoms with E-state index in [1.807, 2.05) is 12.1 Å². The van der Waals surface area contributed by atoms with E-state index < -0.39 is 5.54 Å². The van der Waals surface area contributed by atoms with Crippen molar-refractivity contribution in [1.82, 2.24) is 15.5 Å². The van der Waals surface area contributed by atoms with E-state index in [0.717, 1.165) is 28.0 Å². The number of carbonyl (C=O) groups is 2. The van der Waals surface area contributed by atoms with Crippen molar-refractivity contribution in [3.8, 4) is 0 Å². The molecule has 0 saturated carbocycles. The van der Waals surface area contributed by atoms with Crippen molar-refractivity contribution in [3.63, 3.8) is 0 Å². The van der Waals surface area contributed by atoms with Crippen LogP contribution < -0.4 is 10.6 Å². The van der Waals surface area contributed by atoms with Crippen LogP contribution in [-0.4, -0.2) is 35.5 Å². The van der Waals surface area contributed by atoms with Gasteiger partial charge in [0.25, 0.3) is 5.91 Å². The van der Waals surface area contributed by atoms with Crippen LogP contribution in [0.3, 0.4) is 0 Å². The molecule has 2 fully saturated rings. The van der Waals surface area contributed by atoms with E-state index >= 15 is 0 Å². The number of nitrogens with zero attached hydrogens (tertiary/aromatic N) is 1. The first-order valence-corrected chi connectivity index (χ1v) is 7.81. The highest BCUT2D eigenvalue weighted by atomic mass is 79.9. The first-order chi connectivity index (χ1) is 9.11. The lowest BCUT2D eigenvalue weighted by Gasteiger charge is -2.31. The molecule has 1 atom stereocenters. The van der Waals surface area contributed by atoms with Gasteiger partial charge in [0.1, 0.15) is 5.54 Å². The van der Waals surface area contributed by atoms with Gasteiger partial charge in [-0.05, 0) is 47.4 Å². The van der Waals surface area contributed by atoms with E-state index in [1.54, 1.807) is 11.3 Å². The topological polar surface area (TPSA) is 61.4 Å². The number of hydrogen-bond acceptors (Lipinski definition) is 4. The maximum absolute atomic E-state index is 12.5. The highest BCUT2D eigenvalue weighted by molar-refractivity contribution is 9.11. The van der Waals surface area contributed by atoms with Crippen molar-refractivity contribution in [2.75, 3.05) is 13.1 Å². The largest absolute Gasteiger partial charge is 0.325 e. The summed E-state index contributed by atoms with van der Waals surface area (Å²) in [6.45, 7) is 1.79. The molecule has 3 amide bonds. The zero-order chi connectivity index (χ0) is 13.5. The Morgan fingerprint density at radius 3 is 2.89 bits per heavy atom. The molecule has 102 valence electrons. The van der Waals surface area contributed by atoms with Gasteiger partial charge in [0, 0.05) is 11.4 Å². The predicted octanol–water partition coefficient (Wildman–Crippen LogP) is 1.68. The number of urea groups is 1. The molecule has 0 radical (unpaired) electrons. The molecule has 3 rings (SSSR count). The fourth-order valence-electron chi connectivity index (χ4n) is 2.61. The van der Waals surface area contributed by atoms with Crippen LogP contribution in [0.15, 0.2) is 15.9 Å². The molecule has 1 aromatic rings. The van der Waals surface area contributed by atoms with Gasteiger partial charge in [-0.2, -0.15) is 0 Å². The Morgan fingerprint density at radius 1 is 1.42 bits per heavy atom. The summed E-state index contributed by atoms with van der Waals surface area (Å²) in [5.74, 6) is -0.103. The molecule has 1 aromatic heterocycles. The molecule has 1 spiro atoms. The third-order valence-electron chi connectivity index (χ3n) is 3.57. The Hall–Kier alpha value is -0.920. The minimum absolute atomic E-state index is 0.103. The maximum atomic E-state index is 12.5. The van der Waals surface area contributed by atoms with Crippen molar-refractivity contribution >= 4 is 39.2 Å². The molecule has 5 nitrogen and oxygen atoms in total. The second kappa shape index (κ2) is 4.88. The lowest BCUT2D eigenvalue weighted by atomic mass is 9.90. The summed E-state index contributed by atoms with van der Waals surface area (Å²) in [6, 6.07) is 3.58. The Labute approximate surface area is 123 Å². The first-order valence-electron chi connectivity index (χ1n) is 6.20. The molecule has 0 bridgehead atoms. The molecule has 0 aliphatic carbocycles. The van der Waals surface area contributed by atoms with Crippen LogP contribution >= 0.6 is 27.3 Å². The Bertz CT molecular complexity index is 525. The predicted molar refractivity (Wildman–Crippen MR) is 75.9 cm³/mol. The van der Waals surface area contributed by atoms with Crippen LogP contribution in [0.1, 0.15) is 17.7 Å². The summed E-state index contributed by atoms with van der Waals surface area (Å²) in [4.78, 5) is 26.8. The lowest BCUT2D eigenvalue weighted by Crippen LogP contribution is -2.57. The van der Waals surface area contributed by atoms with Crippen molar-refractivity contribution in [1.29, 1.82) is 0 Å². The number of amides is 3. The maximum Gasteiger partial charge on any atom is 0.325 e. The van der Waals surface area contributed by atoms with Gasteiger partial charge < -0.3 is 10.6 Å². The van der Waals surface area contributed by atoms with Gasteiger partial charge in [-0.25, -0.2) is 4.79 Å². The zero-order valence-electron chi connectivity index (χ0n) is 10.2. The molecule has 2 aliphatic rings. The number of thiophene rings is 1. The molecular formula is C12H14BrN3O2S. The zero-order valence-corrected chi connectivity index (χ0v) is 12.6. The molecule has 7 heteroatoms. The molecule has 19 heavy (non-hydrogen) atoms. The van der Waals surface area contributed by atoms with Crippen molar-refractivity contribution in [2.24, 2.45) is 0 Å². The third-order valence-corrected chi connectivity index (χ3v) is 5.18. The normalized spacial score (nSPS) is 27.1. The van der Waals surface area contributed by atoms with Gasteiger partial charge in [0.05, 0.1) is 10.3 Å². The monoisotopic (exact) mass is 343 g/mol. The van der Waals surface area contributed by atoms with Gasteiger partial charge >= 0.3 is 6.03 Å². The highest BCUT2D eigenvalue weighted by Gasteiger charge is 2.51. The fourth-order valence-corrected chi connectivity index (χ4v) is 4.08. The highest BCUT2D eigenvalue weighted by Crippen LogP contribution is 2.29. The average molecular weight is 344 g/mol. The van der Waals surface area contributed by atoms with Crippen molar-refractivity contribution < 1.29 is 9.59 Å². The smallest absolute Gasteiger partial charge is 0.322 e. The molecule has 1 unspecified atom stereocenters. The summed E-state index contributed by atoms with van der Waals surface area (Å²) in [7, 11) is 0. The van der Waals surface area contributed by atoms with Gasteiger partial charge in [-0.3, -0.25) is 9.69 Å². The summed E-state index contributed by atoms with van der Waals surface area (Å²) in [5, 5.41) is 6.05. The number of piperidine rings is 1. The molecule has 0 aromatic carbocycles. The van der Waals surface area contributed by atoms with E-state index in [0.29, 0.717) is 13.1 Å².